The van der Waals surface area contributed by atoms with Crippen molar-refractivity contribution in [3.8, 4) is 5.75 Å². The number of aliphatic hydroxyl groups excluding tert-OH is 2. The lowest BCUT2D eigenvalue weighted by Gasteiger charge is -2.37. The molecule has 5 unspecified atom stereocenters. The molecule has 0 bridgehead atoms. The molecule has 0 heterocycles. The summed E-state index contributed by atoms with van der Waals surface area (Å²) in [4.78, 5) is 33.4. The van der Waals surface area contributed by atoms with Gasteiger partial charge in [0, 0.05) is 32.2 Å². The molecule has 0 amide bonds. The van der Waals surface area contributed by atoms with Gasteiger partial charge in [-0.1, -0.05) is 252 Å². The van der Waals surface area contributed by atoms with Crippen LogP contribution < -0.4 is 4.90 Å². The third-order valence-electron chi connectivity index (χ3n) is 16.3. The van der Waals surface area contributed by atoms with E-state index in [0.717, 1.165) is 57.5 Å². The van der Waals surface area contributed by atoms with E-state index in [-0.39, 0.29) is 23.1 Å². The second-order valence-electron chi connectivity index (χ2n) is 22.6. The van der Waals surface area contributed by atoms with Crippen LogP contribution in [0.1, 0.15) is 278 Å². The molecule has 1 aromatic carbocycles. The highest BCUT2D eigenvalue weighted by atomic mass is 16.3. The van der Waals surface area contributed by atoms with Crippen LogP contribution in [0, 0.1) is 23.7 Å². The van der Waals surface area contributed by atoms with Gasteiger partial charge in [0.25, 0.3) is 0 Å². The molecule has 0 aliphatic heterocycles. The predicted octanol–water partition coefficient (Wildman–Crippen LogP) is 18.9. The largest absolute Gasteiger partial charge is 0.512 e. The van der Waals surface area contributed by atoms with Crippen molar-refractivity contribution < 1.29 is 24.9 Å². The zero-order chi connectivity index (χ0) is 52.2. The van der Waals surface area contributed by atoms with E-state index in [9.17, 15) is 24.9 Å². The number of nitrogens with zero attached hydrogens (tertiary/aromatic N) is 2. The number of ketones is 2. The zero-order valence-corrected chi connectivity index (χ0v) is 47.7. The molecule has 7 heteroatoms. The third kappa shape index (κ3) is 23.6. The highest BCUT2D eigenvalue weighted by Gasteiger charge is 2.47. The van der Waals surface area contributed by atoms with Crippen LogP contribution in [-0.4, -0.2) is 64.0 Å². The number of phenols is 1. The van der Waals surface area contributed by atoms with Crippen LogP contribution in [-0.2, 0) is 9.59 Å². The van der Waals surface area contributed by atoms with Gasteiger partial charge in [-0.15, -0.1) is 0 Å². The Morgan fingerprint density at radius 3 is 1.26 bits per heavy atom. The average Bonchev–Trinajstić information content (AvgIpc) is 3.59. The van der Waals surface area contributed by atoms with Crippen LogP contribution in [0.4, 0.5) is 5.69 Å². The normalized spacial score (nSPS) is 17.9. The van der Waals surface area contributed by atoms with Gasteiger partial charge in [0.05, 0.1) is 22.9 Å². The first-order chi connectivity index (χ1) is 35.1. The monoisotopic (exact) mass is 1000 g/mol. The number of Topliss-reactive ketones (excluding diaryl/α,β-unsaturated/α-hetero) is 2. The van der Waals surface area contributed by atoms with E-state index < -0.39 is 29.2 Å². The second-order valence-corrected chi connectivity index (χ2v) is 22.6. The van der Waals surface area contributed by atoms with Crippen molar-refractivity contribution in [3.63, 3.8) is 0 Å². The van der Waals surface area contributed by atoms with Gasteiger partial charge in [0.15, 0.2) is 11.5 Å². The minimum Gasteiger partial charge on any atom is -0.512 e. The minimum absolute atomic E-state index is 0.0392. The average molecular weight is 1000 g/mol. The molecule has 5 atom stereocenters. The maximum absolute atomic E-state index is 14.5. The highest BCUT2D eigenvalue weighted by Crippen LogP contribution is 2.42. The topological polar surface area (TPSA) is 101 Å². The summed E-state index contributed by atoms with van der Waals surface area (Å²) < 4.78 is 0. The molecule has 412 valence electrons. The second kappa shape index (κ2) is 39.4. The Balaban J connectivity index is 1.88. The van der Waals surface area contributed by atoms with Crippen LogP contribution >= 0.6 is 0 Å². The Bertz CT molecular complexity index is 1630. The zero-order valence-electron chi connectivity index (χ0n) is 47.7. The number of phenolic OH excluding ortho intramolecular Hbond substituents is 1. The number of carbonyl (C=O) groups is 2. The Morgan fingerprint density at radius 2 is 0.861 bits per heavy atom. The van der Waals surface area contributed by atoms with Crippen LogP contribution in [0.3, 0.4) is 0 Å². The van der Waals surface area contributed by atoms with Crippen molar-refractivity contribution in [1.82, 2.24) is 4.90 Å². The van der Waals surface area contributed by atoms with Crippen molar-refractivity contribution >= 4 is 22.8 Å². The molecule has 2 aliphatic rings. The number of rotatable bonds is 46. The molecule has 2 aliphatic carbocycles. The van der Waals surface area contributed by atoms with E-state index in [1.807, 2.05) is 18.2 Å². The van der Waals surface area contributed by atoms with Gasteiger partial charge in [-0.05, 0) is 74.1 Å². The number of hydrogen-bond acceptors (Lipinski definition) is 7. The number of allylic oxidation sites excluding steroid dienone is 3. The summed E-state index contributed by atoms with van der Waals surface area (Å²) in [6.45, 7) is 17.3. The van der Waals surface area contributed by atoms with Crippen molar-refractivity contribution in [2.45, 2.75) is 279 Å². The first-order valence-electron chi connectivity index (χ1n) is 31.1. The van der Waals surface area contributed by atoms with Gasteiger partial charge in [-0.3, -0.25) is 14.5 Å². The van der Waals surface area contributed by atoms with E-state index in [4.69, 9.17) is 0 Å². The maximum Gasteiger partial charge on any atom is 0.209 e. The summed E-state index contributed by atoms with van der Waals surface area (Å²) >= 11 is 0. The smallest absolute Gasteiger partial charge is 0.209 e. The van der Waals surface area contributed by atoms with Gasteiger partial charge in [-0.25, -0.2) is 0 Å². The molecule has 0 aromatic heterocycles. The molecule has 1 aromatic rings. The van der Waals surface area contributed by atoms with Gasteiger partial charge < -0.3 is 20.2 Å². The summed E-state index contributed by atoms with van der Waals surface area (Å²) in [5, 5.41) is 35.1. The predicted molar refractivity (Wildman–Crippen MR) is 309 cm³/mol. The lowest BCUT2D eigenvalue weighted by molar-refractivity contribution is -0.128. The lowest BCUT2D eigenvalue weighted by atomic mass is 9.81. The van der Waals surface area contributed by atoms with Crippen LogP contribution in [0.5, 0.6) is 5.75 Å². The number of anilines is 1. The third-order valence-corrected chi connectivity index (χ3v) is 16.3. The van der Waals surface area contributed by atoms with Crippen molar-refractivity contribution in [3.05, 3.63) is 53.5 Å². The van der Waals surface area contributed by atoms with E-state index in [2.05, 4.69) is 57.4 Å². The molecule has 7 nitrogen and oxygen atoms in total. The number of aliphatic hydroxyl groups is 2. The van der Waals surface area contributed by atoms with E-state index in [1.54, 1.807) is 12.1 Å². The highest BCUT2D eigenvalue weighted by molar-refractivity contribution is 6.39. The SMILES string of the molecule is CCCCCCCCC(CCCCCC)CN(CC(CCCCCC)CCCCCCCC)C1C=CC(C2C(=O)C(O)=C(c3ccc(N(CCCCCCCC)CCCCCCCC)c(O)c3)C2=O)C(O)=C1. The standard InChI is InChI=1S/C65H112N2O5/c1-7-13-19-25-29-35-41-53(39-33-23-17-11-5)51-67(52-54(40-34-24-18-12-6)42-36-30-26-20-14-8-2)56-44-45-57(59(68)50-56)62-63(70)61(64(71)65(62)72)55-43-46-58(60(69)49-55)66(47-37-31-27-21-15-9-3)48-38-32-28-22-16-10-4/h43-46,49-50,53-54,56-57,62,68-69,71H,7-42,47-48,51-52H2,1-6H3. The van der Waals surface area contributed by atoms with E-state index in [1.165, 1.54) is 205 Å². The van der Waals surface area contributed by atoms with Crippen LogP contribution in [0.15, 0.2) is 47.9 Å². The fourth-order valence-corrected chi connectivity index (χ4v) is 11.7. The quantitative estimate of drug-likeness (QED) is 0.0340. The van der Waals surface area contributed by atoms with E-state index in [0.29, 0.717) is 17.4 Å². The summed E-state index contributed by atoms with van der Waals surface area (Å²) in [6.07, 6.45) is 50.8. The van der Waals surface area contributed by atoms with E-state index >= 15 is 0 Å². The van der Waals surface area contributed by atoms with Crippen molar-refractivity contribution in [2.24, 2.45) is 23.7 Å². The lowest BCUT2D eigenvalue weighted by Crippen LogP contribution is -2.42. The fraction of sp³-hybridized carbons (Fsp3) is 0.785. The molecule has 0 spiro atoms. The Kier molecular flexibility index (Phi) is 34.6. The summed E-state index contributed by atoms with van der Waals surface area (Å²) in [5.41, 5.74) is 1.01. The molecule has 0 radical (unpaired) electrons. The number of carbonyl (C=O) groups excluding carboxylic acids is 2. The van der Waals surface area contributed by atoms with Crippen molar-refractivity contribution in [1.29, 1.82) is 0 Å². The van der Waals surface area contributed by atoms with Gasteiger partial charge in [0.1, 0.15) is 11.7 Å². The summed E-state index contributed by atoms with van der Waals surface area (Å²) in [7, 11) is 0. The fourth-order valence-electron chi connectivity index (χ4n) is 11.7. The number of hydrogen-bond donors (Lipinski definition) is 3. The van der Waals surface area contributed by atoms with Crippen molar-refractivity contribution in [2.75, 3.05) is 31.1 Å². The maximum atomic E-state index is 14.5. The minimum atomic E-state index is -1.25. The Hall–Kier alpha value is -3.06. The molecule has 0 fully saturated rings. The first-order valence-corrected chi connectivity index (χ1v) is 31.1. The number of aromatic hydroxyl groups is 1. The van der Waals surface area contributed by atoms with Crippen LogP contribution in [0.25, 0.3) is 5.57 Å². The Labute approximate surface area is 443 Å². The molecule has 3 N–H and O–H groups in total. The molecule has 0 saturated heterocycles. The molecule has 72 heavy (non-hydrogen) atoms. The number of benzene rings is 1. The van der Waals surface area contributed by atoms with Gasteiger partial charge in [0.2, 0.25) is 5.78 Å². The van der Waals surface area contributed by atoms with Crippen LogP contribution in [0.2, 0.25) is 0 Å². The molecular weight excluding hydrogens is 889 g/mol. The number of unbranched alkanes of at least 4 members (excludes halogenated alkanes) is 26. The van der Waals surface area contributed by atoms with Gasteiger partial charge in [-0.2, -0.15) is 0 Å². The first kappa shape index (κ1) is 63.2. The summed E-state index contributed by atoms with van der Waals surface area (Å²) in [5.74, 6) is -2.59. The molecular formula is C65H112N2O5. The Morgan fingerprint density at radius 1 is 0.472 bits per heavy atom. The molecule has 3 rings (SSSR count). The molecule has 0 saturated carbocycles. The van der Waals surface area contributed by atoms with Gasteiger partial charge >= 0.3 is 0 Å². The summed E-state index contributed by atoms with van der Waals surface area (Å²) in [6, 6.07) is 5.05.